The van der Waals surface area contributed by atoms with Gasteiger partial charge < -0.3 is 4.57 Å². The second-order valence-electron chi connectivity index (χ2n) is 6.01. The van der Waals surface area contributed by atoms with Crippen molar-refractivity contribution in [3.05, 3.63) is 78.4 Å². The summed E-state index contributed by atoms with van der Waals surface area (Å²) in [4.78, 5) is 0. The minimum absolute atomic E-state index is 0.108. The Labute approximate surface area is 153 Å². The molecule has 126 valence electrons. The maximum absolute atomic E-state index is 9.24. The number of aromatic nitrogens is 1. The van der Waals surface area contributed by atoms with Crippen LogP contribution in [0.2, 0.25) is 0 Å². The molecule has 0 aliphatic rings. The van der Waals surface area contributed by atoms with E-state index in [9.17, 15) is 10.5 Å². The zero-order chi connectivity index (χ0) is 18.4. The molecule has 0 spiro atoms. The number of nitriles is 2. The molecule has 0 aliphatic carbocycles. The van der Waals surface area contributed by atoms with Gasteiger partial charge in [0.05, 0.1) is 5.69 Å². The summed E-state index contributed by atoms with van der Waals surface area (Å²) in [5, 5.41) is 19.5. The second-order valence-corrected chi connectivity index (χ2v) is 6.01. The van der Waals surface area contributed by atoms with Crippen LogP contribution in [0.1, 0.15) is 18.4 Å². The van der Waals surface area contributed by atoms with E-state index >= 15 is 0 Å². The molecule has 0 fully saturated rings. The van der Waals surface area contributed by atoms with E-state index in [1.807, 2.05) is 54.6 Å². The van der Waals surface area contributed by atoms with Crippen molar-refractivity contribution in [3.8, 4) is 23.4 Å². The first kappa shape index (κ1) is 17.3. The molecule has 0 saturated heterocycles. The van der Waals surface area contributed by atoms with Crippen molar-refractivity contribution < 1.29 is 0 Å². The van der Waals surface area contributed by atoms with Gasteiger partial charge >= 0.3 is 0 Å². The van der Waals surface area contributed by atoms with Crippen LogP contribution in [0.15, 0.2) is 72.8 Å². The Balaban J connectivity index is 2.33. The minimum atomic E-state index is 0.108. The molecule has 0 aliphatic heterocycles. The molecule has 26 heavy (non-hydrogen) atoms. The van der Waals surface area contributed by atoms with Crippen LogP contribution in [0.5, 0.6) is 0 Å². The van der Waals surface area contributed by atoms with Crippen molar-refractivity contribution in [2.75, 3.05) is 0 Å². The van der Waals surface area contributed by atoms with Crippen LogP contribution in [-0.2, 0) is 6.54 Å². The number of benzene rings is 2. The van der Waals surface area contributed by atoms with E-state index in [0.717, 1.165) is 47.1 Å². The van der Waals surface area contributed by atoms with Gasteiger partial charge in [0, 0.05) is 23.0 Å². The van der Waals surface area contributed by atoms with Gasteiger partial charge in [0.15, 0.2) is 0 Å². The fraction of sp³-hybridized carbons (Fsp3) is 0.130. The molecule has 0 unspecified atom stereocenters. The number of aryl methyl sites for hydroxylation is 1. The van der Waals surface area contributed by atoms with Crippen molar-refractivity contribution in [1.82, 2.24) is 4.57 Å². The molecule has 1 aromatic heterocycles. The van der Waals surface area contributed by atoms with Crippen LogP contribution < -0.4 is 0 Å². The highest BCUT2D eigenvalue weighted by Crippen LogP contribution is 2.35. The van der Waals surface area contributed by atoms with Crippen molar-refractivity contribution in [2.45, 2.75) is 19.4 Å². The summed E-state index contributed by atoms with van der Waals surface area (Å²) < 4.78 is 2.28. The van der Waals surface area contributed by atoms with Gasteiger partial charge in [0.25, 0.3) is 0 Å². The average Bonchev–Trinajstić information content (AvgIpc) is 3.00. The van der Waals surface area contributed by atoms with Crippen LogP contribution in [-0.4, -0.2) is 4.57 Å². The zero-order valence-corrected chi connectivity index (χ0v) is 14.5. The highest BCUT2D eigenvalue weighted by atomic mass is 15.0. The van der Waals surface area contributed by atoms with Gasteiger partial charge in [-0.25, -0.2) is 0 Å². The van der Waals surface area contributed by atoms with Crippen LogP contribution >= 0.6 is 0 Å². The summed E-state index contributed by atoms with van der Waals surface area (Å²) in [7, 11) is 0. The first-order chi connectivity index (χ1) is 12.8. The molecule has 2 aromatic carbocycles. The topological polar surface area (TPSA) is 52.5 Å². The second kappa shape index (κ2) is 8.01. The number of rotatable bonds is 6. The van der Waals surface area contributed by atoms with Crippen molar-refractivity contribution >= 4 is 17.0 Å². The summed E-state index contributed by atoms with van der Waals surface area (Å²) in [6.07, 6.45) is 5.55. The monoisotopic (exact) mass is 337 g/mol. The predicted octanol–water partition coefficient (Wildman–Crippen LogP) is 5.71. The molecular weight excluding hydrogens is 318 g/mol. The average molecular weight is 337 g/mol. The van der Waals surface area contributed by atoms with Gasteiger partial charge in [-0.2, -0.15) is 10.5 Å². The quantitative estimate of drug-likeness (QED) is 0.329. The summed E-state index contributed by atoms with van der Waals surface area (Å²) in [6, 6.07) is 22.2. The van der Waals surface area contributed by atoms with Gasteiger partial charge in [0.1, 0.15) is 17.7 Å². The molecule has 0 amide bonds. The lowest BCUT2D eigenvalue weighted by molar-refractivity contribution is 0.676. The Morgan fingerprint density at radius 1 is 1.00 bits per heavy atom. The van der Waals surface area contributed by atoms with E-state index in [1.165, 1.54) is 0 Å². The summed E-state index contributed by atoms with van der Waals surface area (Å²) >= 11 is 0. The van der Waals surface area contributed by atoms with Crippen LogP contribution in [0.3, 0.4) is 0 Å². The van der Waals surface area contributed by atoms with Gasteiger partial charge in [-0.3, -0.25) is 0 Å². The molecular formula is C23H19N3. The maximum Gasteiger partial charge on any atom is 0.130 e. The number of fused-ring (bicyclic) bond motifs is 1. The summed E-state index contributed by atoms with van der Waals surface area (Å²) in [5.74, 6) is 0. The Morgan fingerprint density at radius 3 is 2.38 bits per heavy atom. The number of para-hydroxylation sites is 1. The molecule has 0 bridgehead atoms. The van der Waals surface area contributed by atoms with E-state index in [-0.39, 0.29) is 5.57 Å². The SMILES string of the molecule is C=CCCCn1c(-c2ccccc2)c(C=C(C#N)C#N)c2ccccc21. The molecule has 1 heterocycles. The van der Waals surface area contributed by atoms with Crippen molar-refractivity contribution in [3.63, 3.8) is 0 Å². The Kier molecular flexibility index (Phi) is 5.32. The van der Waals surface area contributed by atoms with Crippen molar-refractivity contribution in [2.24, 2.45) is 0 Å². The number of hydrogen-bond acceptors (Lipinski definition) is 2. The lowest BCUT2D eigenvalue weighted by Crippen LogP contribution is -2.00. The van der Waals surface area contributed by atoms with Crippen molar-refractivity contribution in [1.29, 1.82) is 10.5 Å². The third-order valence-corrected chi connectivity index (χ3v) is 4.38. The standard InChI is InChI=1S/C23H19N3/c1-2-3-9-14-26-22-13-8-7-12-20(22)21(15-18(16-24)17-25)23(26)19-10-5-4-6-11-19/h2,4-8,10-13,15H,1,3,9,14H2. The highest BCUT2D eigenvalue weighted by Gasteiger charge is 2.17. The molecule has 3 heteroatoms. The first-order valence-electron chi connectivity index (χ1n) is 8.59. The lowest BCUT2D eigenvalue weighted by atomic mass is 10.0. The molecule has 0 atom stereocenters. The van der Waals surface area contributed by atoms with E-state index in [1.54, 1.807) is 6.08 Å². The third kappa shape index (κ3) is 3.29. The largest absolute Gasteiger partial charge is 0.340 e. The Bertz CT molecular complexity index is 1020. The maximum atomic E-state index is 9.24. The van der Waals surface area contributed by atoms with Gasteiger partial charge in [-0.15, -0.1) is 6.58 Å². The molecule has 3 nitrogen and oxygen atoms in total. The summed E-state index contributed by atoms with van der Waals surface area (Å²) in [6.45, 7) is 4.66. The minimum Gasteiger partial charge on any atom is -0.340 e. The zero-order valence-electron chi connectivity index (χ0n) is 14.5. The Hall–Kier alpha value is -3.56. The molecule has 0 saturated carbocycles. The van der Waals surface area contributed by atoms with Gasteiger partial charge in [0.2, 0.25) is 0 Å². The number of allylic oxidation sites excluding steroid dienone is 2. The normalized spacial score (nSPS) is 10.1. The van der Waals surface area contributed by atoms with E-state index in [4.69, 9.17) is 0 Å². The fourth-order valence-corrected chi connectivity index (χ4v) is 3.24. The lowest BCUT2D eigenvalue weighted by Gasteiger charge is -2.11. The first-order valence-corrected chi connectivity index (χ1v) is 8.59. The molecule has 3 rings (SSSR count). The number of unbranched alkanes of at least 4 members (excludes halogenated alkanes) is 1. The smallest absolute Gasteiger partial charge is 0.130 e. The van der Waals surface area contributed by atoms with Crippen LogP contribution in [0, 0.1) is 22.7 Å². The molecule has 0 radical (unpaired) electrons. The number of hydrogen-bond donors (Lipinski definition) is 0. The third-order valence-electron chi connectivity index (χ3n) is 4.38. The van der Waals surface area contributed by atoms with E-state index in [2.05, 4.69) is 29.3 Å². The number of nitrogens with zero attached hydrogens (tertiary/aromatic N) is 3. The molecule has 3 aromatic rings. The van der Waals surface area contributed by atoms with Gasteiger partial charge in [-0.05, 0) is 30.5 Å². The summed E-state index contributed by atoms with van der Waals surface area (Å²) in [5.41, 5.74) is 4.25. The fourth-order valence-electron chi connectivity index (χ4n) is 3.24. The molecule has 0 N–H and O–H groups in total. The predicted molar refractivity (Wildman–Crippen MR) is 106 cm³/mol. The van der Waals surface area contributed by atoms with E-state index < -0.39 is 0 Å². The van der Waals surface area contributed by atoms with E-state index in [0.29, 0.717) is 0 Å². The van der Waals surface area contributed by atoms with Crippen LogP contribution in [0.25, 0.3) is 28.2 Å². The Morgan fingerprint density at radius 2 is 1.69 bits per heavy atom. The van der Waals surface area contributed by atoms with Crippen LogP contribution in [0.4, 0.5) is 0 Å². The van der Waals surface area contributed by atoms with Gasteiger partial charge in [-0.1, -0.05) is 54.6 Å². The highest BCUT2D eigenvalue weighted by molar-refractivity contribution is 5.98.